The van der Waals surface area contributed by atoms with Gasteiger partial charge in [-0.25, -0.2) is 4.98 Å². The molecule has 0 aliphatic heterocycles. The standard InChI is InChI=1S/C14H25N3/c1-6-15-14-13(8-7-9-16-14)10-17(5)12(4)11(2)3/h7-9,11-12H,6,10H2,1-5H3,(H,15,16). The molecule has 0 aliphatic rings. The molecule has 0 saturated heterocycles. The molecule has 1 N–H and O–H groups in total. The number of anilines is 1. The Morgan fingerprint density at radius 3 is 2.65 bits per heavy atom. The average Bonchev–Trinajstić information content (AvgIpc) is 2.30. The number of hydrogen-bond acceptors (Lipinski definition) is 3. The molecule has 0 fully saturated rings. The molecular weight excluding hydrogens is 210 g/mol. The lowest BCUT2D eigenvalue weighted by atomic mass is 10.0. The first-order chi connectivity index (χ1) is 8.06. The maximum Gasteiger partial charge on any atom is 0.130 e. The van der Waals surface area contributed by atoms with E-state index in [1.807, 2.05) is 12.3 Å². The summed E-state index contributed by atoms with van der Waals surface area (Å²) in [6, 6.07) is 4.73. The van der Waals surface area contributed by atoms with Crippen LogP contribution < -0.4 is 5.32 Å². The van der Waals surface area contributed by atoms with Gasteiger partial charge in [0.15, 0.2) is 0 Å². The molecule has 1 atom stereocenters. The summed E-state index contributed by atoms with van der Waals surface area (Å²) >= 11 is 0. The summed E-state index contributed by atoms with van der Waals surface area (Å²) < 4.78 is 0. The molecule has 3 nitrogen and oxygen atoms in total. The van der Waals surface area contributed by atoms with Crippen LogP contribution in [0.25, 0.3) is 0 Å². The van der Waals surface area contributed by atoms with E-state index in [1.165, 1.54) is 5.56 Å². The normalized spacial score (nSPS) is 13.1. The van der Waals surface area contributed by atoms with Crippen molar-refractivity contribution in [2.75, 3.05) is 18.9 Å². The zero-order valence-electron chi connectivity index (χ0n) is 11.7. The van der Waals surface area contributed by atoms with Gasteiger partial charge in [0.1, 0.15) is 5.82 Å². The largest absolute Gasteiger partial charge is 0.370 e. The number of pyridine rings is 1. The maximum absolute atomic E-state index is 4.39. The lowest BCUT2D eigenvalue weighted by molar-refractivity contribution is 0.200. The van der Waals surface area contributed by atoms with Crippen LogP contribution in [-0.2, 0) is 6.54 Å². The SMILES string of the molecule is CCNc1ncccc1CN(C)C(C)C(C)C. The second kappa shape index (κ2) is 6.60. The van der Waals surface area contributed by atoms with Gasteiger partial charge in [-0.3, -0.25) is 4.90 Å². The Morgan fingerprint density at radius 1 is 1.35 bits per heavy atom. The van der Waals surface area contributed by atoms with Crippen molar-refractivity contribution in [3.63, 3.8) is 0 Å². The Bertz CT molecular complexity index is 336. The van der Waals surface area contributed by atoms with Gasteiger partial charge in [-0.2, -0.15) is 0 Å². The van der Waals surface area contributed by atoms with Crippen LogP contribution in [-0.4, -0.2) is 29.5 Å². The Labute approximate surface area is 105 Å². The monoisotopic (exact) mass is 235 g/mol. The van der Waals surface area contributed by atoms with E-state index in [1.54, 1.807) is 0 Å². The molecule has 0 aliphatic carbocycles. The van der Waals surface area contributed by atoms with Crippen molar-refractivity contribution in [2.24, 2.45) is 5.92 Å². The lowest BCUT2D eigenvalue weighted by Crippen LogP contribution is -2.33. The summed E-state index contributed by atoms with van der Waals surface area (Å²) in [5, 5.41) is 3.31. The topological polar surface area (TPSA) is 28.2 Å². The third-order valence-corrected chi connectivity index (χ3v) is 3.32. The molecule has 3 heteroatoms. The Morgan fingerprint density at radius 2 is 2.06 bits per heavy atom. The number of nitrogens with one attached hydrogen (secondary N) is 1. The van der Waals surface area contributed by atoms with E-state index in [0.717, 1.165) is 18.9 Å². The van der Waals surface area contributed by atoms with Gasteiger partial charge < -0.3 is 5.32 Å². The van der Waals surface area contributed by atoms with E-state index >= 15 is 0 Å². The molecule has 0 radical (unpaired) electrons. The summed E-state index contributed by atoms with van der Waals surface area (Å²) in [7, 11) is 2.17. The van der Waals surface area contributed by atoms with E-state index in [2.05, 4.69) is 56.0 Å². The van der Waals surface area contributed by atoms with Gasteiger partial charge in [-0.05, 0) is 32.9 Å². The minimum atomic E-state index is 0.574. The third-order valence-electron chi connectivity index (χ3n) is 3.32. The highest BCUT2D eigenvalue weighted by Crippen LogP contribution is 2.17. The van der Waals surface area contributed by atoms with Crippen LogP contribution in [0.2, 0.25) is 0 Å². The highest BCUT2D eigenvalue weighted by atomic mass is 15.1. The first-order valence-electron chi connectivity index (χ1n) is 6.44. The minimum Gasteiger partial charge on any atom is -0.370 e. The van der Waals surface area contributed by atoms with Crippen LogP contribution in [0.1, 0.15) is 33.3 Å². The molecule has 0 aromatic carbocycles. The molecule has 0 bridgehead atoms. The van der Waals surface area contributed by atoms with E-state index in [9.17, 15) is 0 Å². The summed E-state index contributed by atoms with van der Waals surface area (Å²) in [6.07, 6.45) is 1.84. The molecule has 1 rings (SSSR count). The van der Waals surface area contributed by atoms with Gasteiger partial charge in [-0.1, -0.05) is 19.9 Å². The van der Waals surface area contributed by atoms with Crippen molar-refractivity contribution in [3.8, 4) is 0 Å². The van der Waals surface area contributed by atoms with Crippen LogP contribution in [0.5, 0.6) is 0 Å². The van der Waals surface area contributed by atoms with Crippen molar-refractivity contribution in [1.29, 1.82) is 0 Å². The molecule has 17 heavy (non-hydrogen) atoms. The molecule has 0 amide bonds. The maximum atomic E-state index is 4.39. The highest BCUT2D eigenvalue weighted by molar-refractivity contribution is 5.43. The van der Waals surface area contributed by atoms with Crippen molar-refractivity contribution in [3.05, 3.63) is 23.9 Å². The van der Waals surface area contributed by atoms with Gasteiger partial charge in [0, 0.05) is 30.9 Å². The molecule has 0 spiro atoms. The average molecular weight is 235 g/mol. The molecule has 1 aromatic heterocycles. The van der Waals surface area contributed by atoms with Crippen LogP contribution in [0, 0.1) is 5.92 Å². The smallest absolute Gasteiger partial charge is 0.130 e. The van der Waals surface area contributed by atoms with Crippen molar-refractivity contribution >= 4 is 5.82 Å². The van der Waals surface area contributed by atoms with Gasteiger partial charge in [0.05, 0.1) is 0 Å². The predicted octanol–water partition coefficient (Wildman–Crippen LogP) is 2.99. The molecular formula is C14H25N3. The Hall–Kier alpha value is -1.09. The zero-order valence-corrected chi connectivity index (χ0v) is 11.7. The van der Waals surface area contributed by atoms with Crippen LogP contribution in [0.3, 0.4) is 0 Å². The molecule has 1 aromatic rings. The number of rotatable bonds is 6. The molecule has 96 valence electrons. The number of aromatic nitrogens is 1. The van der Waals surface area contributed by atoms with Gasteiger partial charge in [0.2, 0.25) is 0 Å². The van der Waals surface area contributed by atoms with E-state index < -0.39 is 0 Å². The number of nitrogens with zero attached hydrogens (tertiary/aromatic N) is 2. The number of hydrogen-bond donors (Lipinski definition) is 1. The molecule has 1 unspecified atom stereocenters. The Balaban J connectivity index is 2.73. The first kappa shape index (κ1) is 14.0. The Kier molecular flexibility index (Phi) is 5.42. The van der Waals surface area contributed by atoms with Crippen LogP contribution in [0.15, 0.2) is 18.3 Å². The van der Waals surface area contributed by atoms with E-state index in [0.29, 0.717) is 12.0 Å². The minimum absolute atomic E-state index is 0.574. The fourth-order valence-electron chi connectivity index (χ4n) is 1.81. The van der Waals surface area contributed by atoms with Gasteiger partial charge >= 0.3 is 0 Å². The summed E-state index contributed by atoms with van der Waals surface area (Å²) in [5.74, 6) is 1.68. The summed E-state index contributed by atoms with van der Waals surface area (Å²) in [6.45, 7) is 10.7. The fraction of sp³-hybridized carbons (Fsp3) is 0.643. The first-order valence-corrected chi connectivity index (χ1v) is 6.44. The van der Waals surface area contributed by atoms with Crippen LogP contribution in [0.4, 0.5) is 5.82 Å². The molecule has 0 saturated carbocycles. The molecule has 1 heterocycles. The highest BCUT2D eigenvalue weighted by Gasteiger charge is 2.14. The van der Waals surface area contributed by atoms with Gasteiger partial charge in [-0.15, -0.1) is 0 Å². The second-order valence-corrected chi connectivity index (χ2v) is 4.94. The summed E-state index contributed by atoms with van der Waals surface area (Å²) in [5.41, 5.74) is 1.27. The van der Waals surface area contributed by atoms with E-state index in [4.69, 9.17) is 0 Å². The lowest BCUT2D eigenvalue weighted by Gasteiger charge is -2.28. The predicted molar refractivity (Wildman–Crippen MR) is 74.2 cm³/mol. The zero-order chi connectivity index (χ0) is 12.8. The van der Waals surface area contributed by atoms with Gasteiger partial charge in [0.25, 0.3) is 0 Å². The fourth-order valence-corrected chi connectivity index (χ4v) is 1.81. The third kappa shape index (κ3) is 4.00. The van der Waals surface area contributed by atoms with E-state index in [-0.39, 0.29) is 0 Å². The van der Waals surface area contributed by atoms with Crippen molar-refractivity contribution in [1.82, 2.24) is 9.88 Å². The second-order valence-electron chi connectivity index (χ2n) is 4.94. The van der Waals surface area contributed by atoms with Crippen molar-refractivity contribution in [2.45, 2.75) is 40.3 Å². The van der Waals surface area contributed by atoms with Crippen molar-refractivity contribution < 1.29 is 0 Å². The van der Waals surface area contributed by atoms with Crippen LogP contribution >= 0.6 is 0 Å². The quantitative estimate of drug-likeness (QED) is 0.821. The summed E-state index contributed by atoms with van der Waals surface area (Å²) in [4.78, 5) is 6.77.